The predicted octanol–water partition coefficient (Wildman–Crippen LogP) is 4.30. The minimum atomic E-state index is 0.248. The van der Waals surface area contributed by atoms with Gasteiger partial charge in [0.15, 0.2) is 0 Å². The number of halogens is 4. The van der Waals surface area contributed by atoms with Crippen molar-refractivity contribution >= 4 is 50.7 Å². The fraction of sp³-hybridized carbons (Fsp3) is 0.111. The number of aryl methyl sites for hydroxylation is 1. The molecule has 0 fully saturated rings. The number of aromatic nitrogens is 3. The molecule has 2 aromatic rings. The molecule has 0 saturated carbocycles. The summed E-state index contributed by atoms with van der Waals surface area (Å²) in [5.74, 6) is 0.644. The van der Waals surface area contributed by atoms with Crippen LogP contribution in [0.4, 0.5) is 0 Å². The molecule has 16 heavy (non-hydrogen) atoms. The Morgan fingerprint density at radius 3 is 2.38 bits per heavy atom. The van der Waals surface area contributed by atoms with Gasteiger partial charge in [0.25, 0.3) is 0 Å². The fourth-order valence-corrected chi connectivity index (χ4v) is 2.40. The molecule has 0 aliphatic heterocycles. The van der Waals surface area contributed by atoms with Gasteiger partial charge >= 0.3 is 0 Å². The summed E-state index contributed by atoms with van der Waals surface area (Å²) in [6.45, 7) is 1.78. The molecule has 2 rings (SSSR count). The van der Waals surface area contributed by atoms with E-state index < -0.39 is 0 Å². The van der Waals surface area contributed by atoms with Crippen LogP contribution >= 0.6 is 50.7 Å². The number of benzene rings is 1. The first kappa shape index (κ1) is 12.2. The average molecular weight is 341 g/mol. The first-order valence-electron chi connectivity index (χ1n) is 4.23. The van der Waals surface area contributed by atoms with Gasteiger partial charge in [0, 0.05) is 4.47 Å². The average Bonchev–Trinajstić information content (AvgIpc) is 2.57. The minimum Gasteiger partial charge on any atom is -0.268 e. The zero-order valence-electron chi connectivity index (χ0n) is 8.01. The molecule has 1 aromatic carbocycles. The molecule has 0 amide bonds. The molecule has 0 atom stereocenters. The maximum absolute atomic E-state index is 6.14. The summed E-state index contributed by atoms with van der Waals surface area (Å²) < 4.78 is 2.35. The highest BCUT2D eigenvalue weighted by atomic mass is 79.9. The van der Waals surface area contributed by atoms with Gasteiger partial charge in [0.1, 0.15) is 5.82 Å². The molecular formula is C9H5BrCl3N3. The Morgan fingerprint density at radius 1 is 1.12 bits per heavy atom. The molecule has 84 valence electrons. The second kappa shape index (κ2) is 4.53. The summed E-state index contributed by atoms with van der Waals surface area (Å²) >= 11 is 21.4. The summed E-state index contributed by atoms with van der Waals surface area (Å²) in [5, 5.41) is 8.69. The Kier molecular flexibility index (Phi) is 3.45. The normalized spacial score (nSPS) is 10.8. The lowest BCUT2D eigenvalue weighted by atomic mass is 10.3. The van der Waals surface area contributed by atoms with Gasteiger partial charge in [-0.2, -0.15) is 0 Å². The van der Waals surface area contributed by atoms with Crippen LogP contribution in [0.25, 0.3) is 5.69 Å². The van der Waals surface area contributed by atoms with Gasteiger partial charge in [-0.05, 0) is 46.6 Å². The highest BCUT2D eigenvalue weighted by Crippen LogP contribution is 2.35. The van der Waals surface area contributed by atoms with E-state index in [2.05, 4.69) is 26.1 Å². The molecule has 0 aliphatic rings. The highest BCUT2D eigenvalue weighted by Gasteiger charge is 2.15. The Bertz CT molecular complexity index is 534. The molecule has 0 N–H and O–H groups in total. The Morgan fingerprint density at radius 2 is 1.81 bits per heavy atom. The molecular weight excluding hydrogens is 336 g/mol. The van der Waals surface area contributed by atoms with Gasteiger partial charge in [0.2, 0.25) is 5.28 Å². The van der Waals surface area contributed by atoms with E-state index in [1.54, 1.807) is 23.6 Å². The van der Waals surface area contributed by atoms with Gasteiger partial charge in [0.05, 0.1) is 15.7 Å². The van der Waals surface area contributed by atoms with Crippen LogP contribution in [-0.2, 0) is 0 Å². The first-order chi connectivity index (χ1) is 7.52. The Hall–Kier alpha value is -0.290. The van der Waals surface area contributed by atoms with Crippen LogP contribution in [0.5, 0.6) is 0 Å². The summed E-state index contributed by atoms with van der Waals surface area (Å²) in [7, 11) is 0. The van der Waals surface area contributed by atoms with Crippen molar-refractivity contribution in [2.75, 3.05) is 0 Å². The summed E-state index contributed by atoms with van der Waals surface area (Å²) in [6.07, 6.45) is 0. The van der Waals surface area contributed by atoms with E-state index in [0.29, 0.717) is 21.6 Å². The minimum absolute atomic E-state index is 0.248. The third kappa shape index (κ3) is 1.95. The summed E-state index contributed by atoms with van der Waals surface area (Å²) in [4.78, 5) is 0. The molecule has 0 aliphatic carbocycles. The lowest BCUT2D eigenvalue weighted by molar-refractivity contribution is 0.969. The Labute approximate surface area is 115 Å². The van der Waals surface area contributed by atoms with Crippen molar-refractivity contribution in [2.24, 2.45) is 0 Å². The van der Waals surface area contributed by atoms with Gasteiger partial charge in [-0.15, -0.1) is 10.2 Å². The van der Waals surface area contributed by atoms with E-state index >= 15 is 0 Å². The van der Waals surface area contributed by atoms with Crippen molar-refractivity contribution in [1.29, 1.82) is 0 Å². The van der Waals surface area contributed by atoms with Gasteiger partial charge < -0.3 is 0 Å². The fourth-order valence-electron chi connectivity index (χ4n) is 1.30. The third-order valence-corrected chi connectivity index (χ3v) is 4.05. The van der Waals surface area contributed by atoms with E-state index in [-0.39, 0.29) is 5.28 Å². The highest BCUT2D eigenvalue weighted by molar-refractivity contribution is 9.10. The van der Waals surface area contributed by atoms with Crippen LogP contribution in [0.3, 0.4) is 0 Å². The maximum atomic E-state index is 6.14. The van der Waals surface area contributed by atoms with Crippen LogP contribution < -0.4 is 0 Å². The molecule has 0 radical (unpaired) electrons. The van der Waals surface area contributed by atoms with Crippen LogP contribution in [0, 0.1) is 6.92 Å². The molecule has 3 nitrogen and oxygen atoms in total. The molecule has 1 aromatic heterocycles. The summed E-state index contributed by atoms with van der Waals surface area (Å²) in [5.41, 5.74) is 0.655. The van der Waals surface area contributed by atoms with E-state index in [1.807, 2.05) is 0 Å². The van der Waals surface area contributed by atoms with Crippen molar-refractivity contribution in [3.63, 3.8) is 0 Å². The lowest BCUT2D eigenvalue weighted by Crippen LogP contribution is -1.98. The van der Waals surface area contributed by atoms with E-state index in [0.717, 1.165) is 4.47 Å². The van der Waals surface area contributed by atoms with E-state index in [1.165, 1.54) is 0 Å². The zero-order valence-corrected chi connectivity index (χ0v) is 11.9. The van der Waals surface area contributed by atoms with Gasteiger partial charge in [-0.1, -0.05) is 23.2 Å². The van der Waals surface area contributed by atoms with Crippen LogP contribution in [0.15, 0.2) is 16.6 Å². The van der Waals surface area contributed by atoms with Crippen molar-refractivity contribution < 1.29 is 0 Å². The van der Waals surface area contributed by atoms with Gasteiger partial charge in [-0.3, -0.25) is 4.57 Å². The molecule has 0 unspecified atom stereocenters. The number of hydrogen-bond donors (Lipinski definition) is 0. The first-order valence-corrected chi connectivity index (χ1v) is 6.16. The van der Waals surface area contributed by atoms with Crippen LogP contribution in [0.2, 0.25) is 15.3 Å². The standard InChI is InChI=1S/C9H5BrCl3N3/c1-4-14-15-9(13)16(4)6-3-2-5(10)7(11)8(6)12/h2-3H,1H3. The maximum Gasteiger partial charge on any atom is 0.229 e. The molecule has 0 spiro atoms. The lowest BCUT2D eigenvalue weighted by Gasteiger charge is -2.09. The SMILES string of the molecule is Cc1nnc(Cl)n1-c1ccc(Br)c(Cl)c1Cl. The molecule has 7 heteroatoms. The number of nitrogens with zero attached hydrogens (tertiary/aromatic N) is 3. The number of rotatable bonds is 1. The number of hydrogen-bond acceptors (Lipinski definition) is 2. The topological polar surface area (TPSA) is 30.7 Å². The second-order valence-corrected chi connectivity index (χ2v) is 4.99. The Balaban J connectivity index is 2.71. The third-order valence-electron chi connectivity index (χ3n) is 2.04. The molecule has 1 heterocycles. The van der Waals surface area contributed by atoms with Crippen molar-refractivity contribution in [1.82, 2.24) is 14.8 Å². The van der Waals surface area contributed by atoms with E-state index in [4.69, 9.17) is 34.8 Å². The monoisotopic (exact) mass is 339 g/mol. The van der Waals surface area contributed by atoms with Gasteiger partial charge in [-0.25, -0.2) is 0 Å². The zero-order chi connectivity index (χ0) is 11.9. The largest absolute Gasteiger partial charge is 0.268 e. The molecule has 0 saturated heterocycles. The quantitative estimate of drug-likeness (QED) is 0.724. The van der Waals surface area contributed by atoms with Crippen LogP contribution in [0.1, 0.15) is 5.82 Å². The predicted molar refractivity (Wildman–Crippen MR) is 68.8 cm³/mol. The van der Waals surface area contributed by atoms with Crippen LogP contribution in [-0.4, -0.2) is 14.8 Å². The van der Waals surface area contributed by atoms with Crippen molar-refractivity contribution in [3.05, 3.63) is 37.8 Å². The smallest absolute Gasteiger partial charge is 0.229 e. The second-order valence-electron chi connectivity index (χ2n) is 3.05. The summed E-state index contributed by atoms with van der Waals surface area (Å²) in [6, 6.07) is 3.58. The van der Waals surface area contributed by atoms with E-state index in [9.17, 15) is 0 Å². The van der Waals surface area contributed by atoms with Crippen molar-refractivity contribution in [2.45, 2.75) is 6.92 Å². The van der Waals surface area contributed by atoms with Crippen molar-refractivity contribution in [3.8, 4) is 5.69 Å². The molecule has 0 bridgehead atoms.